The van der Waals surface area contributed by atoms with E-state index in [0.717, 1.165) is 44.5 Å². The van der Waals surface area contributed by atoms with E-state index in [1.54, 1.807) is 0 Å². The molecule has 0 fully saturated rings. The Bertz CT molecular complexity index is 416. The molecule has 0 saturated carbocycles. The first kappa shape index (κ1) is 15.6. The first-order valence-electron chi connectivity index (χ1n) is 7.26. The third kappa shape index (κ3) is 4.95. The molecular formula is C17H25NO. The molecule has 0 spiro atoms. The standard InChI is InChI=1S/C17H25NO/c1-4-17(5-2,14-18)11-6-7-12-19-16-10-8-9-15(3)13-16/h8-10,13H,4-7,11-12H2,1-3H3. The monoisotopic (exact) mass is 259 g/mol. The number of hydrogen-bond acceptors (Lipinski definition) is 2. The van der Waals surface area contributed by atoms with E-state index in [-0.39, 0.29) is 5.41 Å². The van der Waals surface area contributed by atoms with Crippen molar-refractivity contribution < 1.29 is 4.74 Å². The molecule has 1 aromatic rings. The summed E-state index contributed by atoms with van der Waals surface area (Å²) in [4.78, 5) is 0. The summed E-state index contributed by atoms with van der Waals surface area (Å²) in [6, 6.07) is 10.6. The summed E-state index contributed by atoms with van der Waals surface area (Å²) in [7, 11) is 0. The number of nitrogens with zero attached hydrogens (tertiary/aromatic N) is 1. The van der Waals surface area contributed by atoms with Crippen LogP contribution >= 0.6 is 0 Å². The Kier molecular flexibility index (Phi) is 6.42. The van der Waals surface area contributed by atoms with E-state index in [4.69, 9.17) is 4.74 Å². The first-order valence-corrected chi connectivity index (χ1v) is 7.26. The van der Waals surface area contributed by atoms with Crippen LogP contribution in [-0.2, 0) is 0 Å². The van der Waals surface area contributed by atoms with Gasteiger partial charge in [-0.3, -0.25) is 0 Å². The number of ether oxygens (including phenoxy) is 1. The van der Waals surface area contributed by atoms with Gasteiger partial charge in [-0.15, -0.1) is 0 Å². The second kappa shape index (κ2) is 7.84. The zero-order valence-corrected chi connectivity index (χ0v) is 12.4. The fraction of sp³-hybridized carbons (Fsp3) is 0.588. The molecule has 104 valence electrons. The molecule has 1 aromatic carbocycles. The highest BCUT2D eigenvalue weighted by atomic mass is 16.5. The molecule has 2 heteroatoms. The number of nitriles is 1. The lowest BCUT2D eigenvalue weighted by Gasteiger charge is -2.22. The highest BCUT2D eigenvalue weighted by Crippen LogP contribution is 2.31. The van der Waals surface area contributed by atoms with Gasteiger partial charge >= 0.3 is 0 Å². The molecule has 0 aliphatic carbocycles. The van der Waals surface area contributed by atoms with Gasteiger partial charge in [-0.25, -0.2) is 0 Å². The van der Waals surface area contributed by atoms with Crippen molar-refractivity contribution in [3.8, 4) is 11.8 Å². The summed E-state index contributed by atoms with van der Waals surface area (Å²) < 4.78 is 5.72. The maximum absolute atomic E-state index is 9.26. The average molecular weight is 259 g/mol. The third-order valence-electron chi connectivity index (χ3n) is 3.90. The molecular weight excluding hydrogens is 234 g/mol. The van der Waals surface area contributed by atoms with E-state index in [0.29, 0.717) is 0 Å². The summed E-state index contributed by atoms with van der Waals surface area (Å²) in [6.07, 6.45) is 4.93. The predicted molar refractivity (Wildman–Crippen MR) is 79.2 cm³/mol. The Labute approximate surface area is 117 Å². The Hall–Kier alpha value is -1.49. The van der Waals surface area contributed by atoms with Crippen molar-refractivity contribution in [1.82, 2.24) is 0 Å². The van der Waals surface area contributed by atoms with Gasteiger partial charge in [0.1, 0.15) is 5.75 Å². The van der Waals surface area contributed by atoms with Crippen LogP contribution in [0.25, 0.3) is 0 Å². The average Bonchev–Trinajstić information content (AvgIpc) is 2.44. The fourth-order valence-corrected chi connectivity index (χ4v) is 2.28. The highest BCUT2D eigenvalue weighted by molar-refractivity contribution is 5.27. The lowest BCUT2D eigenvalue weighted by atomic mass is 9.79. The maximum Gasteiger partial charge on any atom is 0.119 e. The zero-order chi connectivity index (χ0) is 14.1. The molecule has 0 heterocycles. The molecule has 1 rings (SSSR count). The van der Waals surface area contributed by atoms with Crippen LogP contribution in [0, 0.1) is 23.7 Å². The Morgan fingerprint density at radius 2 is 1.95 bits per heavy atom. The normalized spacial score (nSPS) is 11.1. The Morgan fingerprint density at radius 1 is 1.21 bits per heavy atom. The summed E-state index contributed by atoms with van der Waals surface area (Å²) in [5.41, 5.74) is 1.10. The van der Waals surface area contributed by atoms with E-state index < -0.39 is 0 Å². The summed E-state index contributed by atoms with van der Waals surface area (Å²) in [5.74, 6) is 0.942. The Balaban J connectivity index is 2.27. The SMILES string of the molecule is CCC(C#N)(CC)CCCCOc1cccc(C)c1. The van der Waals surface area contributed by atoms with E-state index in [1.807, 2.05) is 12.1 Å². The van der Waals surface area contributed by atoms with Crippen LogP contribution < -0.4 is 4.74 Å². The van der Waals surface area contributed by atoms with E-state index in [2.05, 4.69) is 39.0 Å². The van der Waals surface area contributed by atoms with Gasteiger partial charge in [0, 0.05) is 0 Å². The minimum absolute atomic E-state index is 0.122. The van der Waals surface area contributed by atoms with Crippen LogP contribution in [0.5, 0.6) is 5.75 Å². The van der Waals surface area contributed by atoms with Crippen LogP contribution in [0.15, 0.2) is 24.3 Å². The number of hydrogen-bond donors (Lipinski definition) is 0. The first-order chi connectivity index (χ1) is 9.15. The van der Waals surface area contributed by atoms with Crippen molar-refractivity contribution in [1.29, 1.82) is 5.26 Å². The van der Waals surface area contributed by atoms with E-state index >= 15 is 0 Å². The van der Waals surface area contributed by atoms with Gasteiger partial charge in [-0.05, 0) is 56.7 Å². The summed E-state index contributed by atoms with van der Waals surface area (Å²) in [5, 5.41) is 9.26. The molecule has 0 amide bonds. The van der Waals surface area contributed by atoms with Crippen molar-refractivity contribution in [2.24, 2.45) is 5.41 Å². The predicted octanol–water partition coefficient (Wildman–Crippen LogP) is 4.87. The molecule has 0 aromatic heterocycles. The fourth-order valence-electron chi connectivity index (χ4n) is 2.28. The van der Waals surface area contributed by atoms with Gasteiger partial charge in [-0.1, -0.05) is 26.0 Å². The van der Waals surface area contributed by atoms with Crippen LogP contribution in [0.2, 0.25) is 0 Å². The minimum atomic E-state index is -0.122. The smallest absolute Gasteiger partial charge is 0.119 e. The second-order valence-corrected chi connectivity index (χ2v) is 5.22. The number of unbranched alkanes of at least 4 members (excludes halogenated alkanes) is 1. The molecule has 19 heavy (non-hydrogen) atoms. The van der Waals surface area contributed by atoms with Crippen molar-refractivity contribution in [3.63, 3.8) is 0 Å². The lowest BCUT2D eigenvalue weighted by Crippen LogP contribution is -2.16. The molecule has 0 atom stereocenters. The van der Waals surface area contributed by atoms with Crippen molar-refractivity contribution in [2.45, 2.75) is 52.9 Å². The number of aryl methyl sites for hydroxylation is 1. The van der Waals surface area contributed by atoms with Crippen LogP contribution in [0.3, 0.4) is 0 Å². The maximum atomic E-state index is 9.26. The number of benzene rings is 1. The third-order valence-corrected chi connectivity index (χ3v) is 3.90. The van der Waals surface area contributed by atoms with Gasteiger partial charge in [0.2, 0.25) is 0 Å². The van der Waals surface area contributed by atoms with Crippen LogP contribution in [-0.4, -0.2) is 6.61 Å². The number of rotatable bonds is 8. The van der Waals surface area contributed by atoms with Gasteiger partial charge in [0.15, 0.2) is 0 Å². The summed E-state index contributed by atoms with van der Waals surface area (Å²) in [6.45, 7) is 7.01. The van der Waals surface area contributed by atoms with E-state index in [1.165, 1.54) is 5.56 Å². The molecule has 0 saturated heterocycles. The molecule has 0 radical (unpaired) electrons. The summed E-state index contributed by atoms with van der Waals surface area (Å²) >= 11 is 0. The minimum Gasteiger partial charge on any atom is -0.494 e. The van der Waals surface area contributed by atoms with Crippen molar-refractivity contribution in [2.75, 3.05) is 6.61 Å². The zero-order valence-electron chi connectivity index (χ0n) is 12.4. The van der Waals surface area contributed by atoms with Crippen LogP contribution in [0.1, 0.15) is 51.5 Å². The quantitative estimate of drug-likeness (QED) is 0.624. The largest absolute Gasteiger partial charge is 0.494 e. The Morgan fingerprint density at radius 3 is 2.53 bits per heavy atom. The van der Waals surface area contributed by atoms with Gasteiger partial charge < -0.3 is 4.74 Å². The molecule has 2 nitrogen and oxygen atoms in total. The van der Waals surface area contributed by atoms with E-state index in [9.17, 15) is 5.26 Å². The van der Waals surface area contributed by atoms with Gasteiger partial charge in [0.25, 0.3) is 0 Å². The van der Waals surface area contributed by atoms with Gasteiger partial charge in [0.05, 0.1) is 18.1 Å². The van der Waals surface area contributed by atoms with Crippen LogP contribution in [0.4, 0.5) is 0 Å². The second-order valence-electron chi connectivity index (χ2n) is 5.22. The molecule has 0 bridgehead atoms. The molecule has 0 N–H and O–H groups in total. The highest BCUT2D eigenvalue weighted by Gasteiger charge is 2.24. The molecule has 0 aliphatic rings. The van der Waals surface area contributed by atoms with Crippen molar-refractivity contribution in [3.05, 3.63) is 29.8 Å². The topological polar surface area (TPSA) is 33.0 Å². The molecule has 0 unspecified atom stereocenters. The van der Waals surface area contributed by atoms with Gasteiger partial charge in [-0.2, -0.15) is 5.26 Å². The molecule has 0 aliphatic heterocycles. The lowest BCUT2D eigenvalue weighted by molar-refractivity contribution is 0.276. The van der Waals surface area contributed by atoms with Crippen molar-refractivity contribution >= 4 is 0 Å².